The van der Waals surface area contributed by atoms with Crippen molar-refractivity contribution in [2.75, 3.05) is 0 Å². The summed E-state index contributed by atoms with van der Waals surface area (Å²) in [5.41, 5.74) is 2.37. The van der Waals surface area contributed by atoms with Crippen molar-refractivity contribution in [2.24, 2.45) is 4.99 Å². The number of amides is 1. The Bertz CT molecular complexity index is 1580. The van der Waals surface area contributed by atoms with Crippen molar-refractivity contribution in [3.8, 4) is 0 Å². The van der Waals surface area contributed by atoms with Crippen LogP contribution < -0.4 is 5.32 Å². The Morgan fingerprint density at radius 2 is 1.50 bits per heavy atom. The molecule has 30 heavy (non-hydrogen) atoms. The highest BCUT2D eigenvalue weighted by Crippen LogP contribution is 2.38. The average molecular weight is 387 g/mol. The first-order valence-electron chi connectivity index (χ1n) is 9.86. The Morgan fingerprint density at radius 1 is 0.767 bits per heavy atom. The van der Waals surface area contributed by atoms with Crippen molar-refractivity contribution in [2.45, 2.75) is 0 Å². The van der Waals surface area contributed by atoms with Crippen LogP contribution in [0.4, 0.5) is 5.69 Å². The molecule has 1 aromatic heterocycles. The van der Waals surface area contributed by atoms with Gasteiger partial charge in [0.25, 0.3) is 5.91 Å². The summed E-state index contributed by atoms with van der Waals surface area (Å²) < 4.78 is 0. The van der Waals surface area contributed by atoms with Gasteiger partial charge in [0.2, 0.25) is 0 Å². The summed E-state index contributed by atoms with van der Waals surface area (Å²) in [5.74, 6) is -0.186. The number of hydrogen-bond donors (Lipinski definition) is 2. The van der Waals surface area contributed by atoms with E-state index in [1.54, 1.807) is 6.20 Å². The molecule has 0 aliphatic rings. The van der Waals surface area contributed by atoms with Crippen molar-refractivity contribution in [3.05, 3.63) is 90.6 Å². The van der Waals surface area contributed by atoms with Crippen LogP contribution in [0.2, 0.25) is 0 Å². The molecule has 4 heteroatoms. The van der Waals surface area contributed by atoms with E-state index in [4.69, 9.17) is 0 Å². The number of rotatable bonds is 3. The van der Waals surface area contributed by atoms with Crippen LogP contribution in [0.5, 0.6) is 0 Å². The smallest absolute Gasteiger partial charge is 0.258 e. The highest BCUT2D eigenvalue weighted by Gasteiger charge is 2.12. The van der Waals surface area contributed by atoms with Crippen LogP contribution in [0.3, 0.4) is 0 Å². The summed E-state index contributed by atoms with van der Waals surface area (Å²) in [5, 5.41) is 10.9. The standard InChI is InChI=1S/C26H17N3O/c30-26(21-14-27-22-7-2-1-6-19(21)22)29-15-28-23-13-11-18-9-8-16-4-3-5-17-10-12-20(23)25(18)24(16)17/h1-15,27H,(H,28,29,30). The number of aliphatic imine (C=N–C) groups is 1. The summed E-state index contributed by atoms with van der Waals surface area (Å²) >= 11 is 0. The molecule has 0 unspecified atom stereocenters. The normalized spacial score (nSPS) is 12.0. The van der Waals surface area contributed by atoms with Gasteiger partial charge in [0.15, 0.2) is 0 Å². The number of carbonyl (C=O) groups is 1. The minimum absolute atomic E-state index is 0.186. The number of carbonyl (C=O) groups excluding carboxylic acids is 1. The van der Waals surface area contributed by atoms with E-state index in [1.807, 2.05) is 30.3 Å². The second-order valence-electron chi connectivity index (χ2n) is 7.42. The average Bonchev–Trinajstić information content (AvgIpc) is 3.22. The number of nitrogens with zero attached hydrogens (tertiary/aromatic N) is 1. The topological polar surface area (TPSA) is 57.2 Å². The molecule has 0 atom stereocenters. The zero-order valence-electron chi connectivity index (χ0n) is 16.0. The number of para-hydroxylation sites is 1. The number of H-pyrrole nitrogens is 1. The predicted octanol–water partition coefficient (Wildman–Crippen LogP) is 6.16. The number of aromatic nitrogens is 1. The van der Waals surface area contributed by atoms with Gasteiger partial charge >= 0.3 is 0 Å². The molecular formula is C26H17N3O. The molecule has 0 saturated heterocycles. The lowest BCUT2D eigenvalue weighted by molar-refractivity contribution is 0.0980. The van der Waals surface area contributed by atoms with Crippen LogP contribution >= 0.6 is 0 Å². The van der Waals surface area contributed by atoms with E-state index in [1.165, 1.54) is 33.3 Å². The van der Waals surface area contributed by atoms with Gasteiger partial charge in [-0.25, -0.2) is 4.99 Å². The maximum absolute atomic E-state index is 12.6. The summed E-state index contributed by atoms with van der Waals surface area (Å²) in [6.07, 6.45) is 3.21. The molecule has 4 nitrogen and oxygen atoms in total. The minimum atomic E-state index is -0.186. The molecule has 2 N–H and O–H groups in total. The molecule has 0 aliphatic carbocycles. The number of benzene rings is 5. The predicted molar refractivity (Wildman–Crippen MR) is 124 cm³/mol. The van der Waals surface area contributed by atoms with E-state index in [-0.39, 0.29) is 5.91 Å². The Balaban J connectivity index is 1.38. The fraction of sp³-hybridized carbons (Fsp3) is 0. The Labute approximate surface area is 172 Å². The van der Waals surface area contributed by atoms with Crippen molar-refractivity contribution in [1.82, 2.24) is 10.3 Å². The Hall–Kier alpha value is -4.18. The SMILES string of the molecule is O=C(NC=Nc1ccc2ccc3cccc4ccc1c2c34)c1c[nH]c2ccccc12. The quantitative estimate of drug-likeness (QED) is 0.213. The van der Waals surface area contributed by atoms with E-state index >= 15 is 0 Å². The summed E-state index contributed by atoms with van der Waals surface area (Å²) in [6, 6.07) is 26.7. The molecule has 0 aliphatic heterocycles. The molecule has 6 rings (SSSR count). The molecule has 0 bridgehead atoms. The summed E-state index contributed by atoms with van der Waals surface area (Å²) in [6.45, 7) is 0. The van der Waals surface area contributed by atoms with Crippen LogP contribution in [0.25, 0.3) is 43.2 Å². The number of aromatic amines is 1. The molecule has 0 spiro atoms. The maximum atomic E-state index is 12.6. The highest BCUT2D eigenvalue weighted by molar-refractivity contribution is 6.25. The van der Waals surface area contributed by atoms with Crippen molar-refractivity contribution in [3.63, 3.8) is 0 Å². The number of fused-ring (bicyclic) bond motifs is 1. The zero-order valence-corrected chi connectivity index (χ0v) is 16.0. The van der Waals surface area contributed by atoms with Gasteiger partial charge in [-0.3, -0.25) is 4.79 Å². The molecule has 0 radical (unpaired) electrons. The number of nitrogens with one attached hydrogen (secondary N) is 2. The maximum Gasteiger partial charge on any atom is 0.258 e. The van der Waals surface area contributed by atoms with Gasteiger partial charge in [0, 0.05) is 22.5 Å². The van der Waals surface area contributed by atoms with E-state index in [2.05, 4.69) is 63.8 Å². The van der Waals surface area contributed by atoms with Gasteiger partial charge < -0.3 is 10.3 Å². The summed E-state index contributed by atoms with van der Waals surface area (Å²) in [4.78, 5) is 20.3. The van der Waals surface area contributed by atoms with Crippen LogP contribution in [-0.4, -0.2) is 17.2 Å². The van der Waals surface area contributed by atoms with E-state index in [9.17, 15) is 4.79 Å². The van der Waals surface area contributed by atoms with Crippen LogP contribution in [0.15, 0.2) is 90.1 Å². The minimum Gasteiger partial charge on any atom is -0.360 e. The lowest BCUT2D eigenvalue weighted by atomic mass is 9.94. The van der Waals surface area contributed by atoms with Gasteiger partial charge in [-0.15, -0.1) is 0 Å². The fourth-order valence-electron chi connectivity index (χ4n) is 4.33. The third-order valence-corrected chi connectivity index (χ3v) is 5.74. The zero-order chi connectivity index (χ0) is 20.1. The van der Waals surface area contributed by atoms with Gasteiger partial charge in [-0.05, 0) is 39.1 Å². The third kappa shape index (κ3) is 2.47. The molecule has 0 saturated carbocycles. The van der Waals surface area contributed by atoms with E-state index < -0.39 is 0 Å². The Morgan fingerprint density at radius 3 is 2.37 bits per heavy atom. The molecule has 6 aromatic rings. The van der Waals surface area contributed by atoms with Crippen LogP contribution in [0, 0.1) is 0 Å². The second-order valence-corrected chi connectivity index (χ2v) is 7.42. The monoisotopic (exact) mass is 387 g/mol. The largest absolute Gasteiger partial charge is 0.360 e. The Kier molecular flexibility index (Phi) is 3.59. The molecule has 1 heterocycles. The first kappa shape index (κ1) is 16.7. The van der Waals surface area contributed by atoms with Gasteiger partial charge in [-0.1, -0.05) is 66.7 Å². The van der Waals surface area contributed by atoms with E-state index in [0.717, 1.165) is 22.0 Å². The molecule has 5 aromatic carbocycles. The number of hydrogen-bond acceptors (Lipinski definition) is 2. The van der Waals surface area contributed by atoms with Crippen molar-refractivity contribution < 1.29 is 4.79 Å². The van der Waals surface area contributed by atoms with E-state index in [0.29, 0.717) is 5.56 Å². The lowest BCUT2D eigenvalue weighted by Gasteiger charge is -2.11. The van der Waals surface area contributed by atoms with Crippen LogP contribution in [0.1, 0.15) is 10.4 Å². The second kappa shape index (κ2) is 6.42. The van der Waals surface area contributed by atoms with Gasteiger partial charge in [0.1, 0.15) is 0 Å². The summed E-state index contributed by atoms with van der Waals surface area (Å²) in [7, 11) is 0. The fourth-order valence-corrected chi connectivity index (χ4v) is 4.33. The highest BCUT2D eigenvalue weighted by atomic mass is 16.1. The van der Waals surface area contributed by atoms with Crippen LogP contribution in [-0.2, 0) is 0 Å². The molecule has 1 amide bonds. The molecule has 142 valence electrons. The third-order valence-electron chi connectivity index (χ3n) is 5.74. The molecular weight excluding hydrogens is 370 g/mol. The van der Waals surface area contributed by atoms with Gasteiger partial charge in [0.05, 0.1) is 17.6 Å². The van der Waals surface area contributed by atoms with Crippen molar-refractivity contribution >= 4 is 61.2 Å². The first-order chi connectivity index (χ1) is 14.8. The first-order valence-corrected chi connectivity index (χ1v) is 9.86. The molecule has 0 fully saturated rings. The van der Waals surface area contributed by atoms with Gasteiger partial charge in [-0.2, -0.15) is 0 Å². The van der Waals surface area contributed by atoms with Crippen molar-refractivity contribution in [1.29, 1.82) is 0 Å². The lowest BCUT2D eigenvalue weighted by Crippen LogP contribution is -2.21.